The molecule has 2 N–H and O–H groups in total. The van der Waals surface area contributed by atoms with Crippen LogP contribution in [-0.4, -0.2) is 28.1 Å². The number of aromatic nitrogens is 2. The second-order valence-electron chi connectivity index (χ2n) is 5.27. The van der Waals surface area contributed by atoms with E-state index in [-0.39, 0.29) is 29.3 Å². The summed E-state index contributed by atoms with van der Waals surface area (Å²) in [5, 5.41) is 4.67. The molecule has 0 aliphatic carbocycles. The van der Waals surface area contributed by atoms with Crippen LogP contribution in [0.1, 0.15) is 53.2 Å². The van der Waals surface area contributed by atoms with Crippen molar-refractivity contribution in [2.45, 2.75) is 33.2 Å². The van der Waals surface area contributed by atoms with E-state index in [0.717, 1.165) is 12.8 Å². The van der Waals surface area contributed by atoms with Crippen LogP contribution in [0.4, 0.5) is 5.69 Å². The molecule has 1 aromatic heterocycles. The van der Waals surface area contributed by atoms with E-state index < -0.39 is 5.97 Å². The minimum atomic E-state index is -0.501. The van der Waals surface area contributed by atoms with Crippen molar-refractivity contribution in [1.29, 1.82) is 0 Å². The van der Waals surface area contributed by atoms with Gasteiger partial charge >= 0.3 is 5.97 Å². The normalized spacial score (nSPS) is 10.6. The first-order chi connectivity index (χ1) is 11.5. The van der Waals surface area contributed by atoms with E-state index in [9.17, 15) is 9.59 Å². The van der Waals surface area contributed by atoms with Gasteiger partial charge in [0.2, 0.25) is 5.78 Å². The summed E-state index contributed by atoms with van der Waals surface area (Å²) < 4.78 is 6.54. The maximum atomic E-state index is 12.7. The monoisotopic (exact) mass is 349 g/mol. The van der Waals surface area contributed by atoms with E-state index >= 15 is 0 Å². The van der Waals surface area contributed by atoms with Crippen LogP contribution < -0.4 is 5.73 Å². The van der Waals surface area contributed by atoms with Crippen LogP contribution >= 0.6 is 11.6 Å². The Kier molecular flexibility index (Phi) is 5.98. The highest BCUT2D eigenvalue weighted by atomic mass is 35.5. The highest BCUT2D eigenvalue weighted by molar-refractivity contribution is 6.31. The standard InChI is InChI=1S/C17H20ClN3O3/c1-3-5-8-21-15(17(23)24-4-2)10-14(20-21)16(22)12-9-11(18)6-7-13(12)19/h6-7,9-10H,3-5,8,19H2,1-2H3. The van der Waals surface area contributed by atoms with Gasteiger partial charge in [0.1, 0.15) is 11.4 Å². The van der Waals surface area contributed by atoms with Crippen LogP contribution in [0.2, 0.25) is 5.02 Å². The van der Waals surface area contributed by atoms with E-state index in [1.165, 1.54) is 16.8 Å². The lowest BCUT2D eigenvalue weighted by Gasteiger charge is -2.05. The number of nitrogen functional groups attached to an aromatic ring is 1. The van der Waals surface area contributed by atoms with E-state index in [1.54, 1.807) is 19.1 Å². The number of aryl methyl sites for hydroxylation is 1. The molecule has 0 spiro atoms. The van der Waals surface area contributed by atoms with Crippen LogP contribution in [0, 0.1) is 0 Å². The van der Waals surface area contributed by atoms with Gasteiger partial charge in [-0.3, -0.25) is 9.48 Å². The first-order valence-electron chi connectivity index (χ1n) is 7.82. The number of unbranched alkanes of at least 4 members (excludes halogenated alkanes) is 1. The van der Waals surface area contributed by atoms with Crippen LogP contribution in [-0.2, 0) is 11.3 Å². The maximum absolute atomic E-state index is 12.7. The Morgan fingerprint density at radius 2 is 2.04 bits per heavy atom. The predicted octanol–water partition coefficient (Wildman–Crippen LogP) is 3.33. The molecular weight excluding hydrogens is 330 g/mol. The topological polar surface area (TPSA) is 87.2 Å². The SMILES string of the molecule is CCCCn1nc(C(=O)c2cc(Cl)ccc2N)cc1C(=O)OCC. The van der Waals surface area contributed by atoms with Gasteiger partial charge in [0.15, 0.2) is 0 Å². The molecule has 0 saturated carbocycles. The van der Waals surface area contributed by atoms with Gasteiger partial charge in [0, 0.05) is 28.9 Å². The van der Waals surface area contributed by atoms with Gasteiger partial charge in [-0.1, -0.05) is 24.9 Å². The van der Waals surface area contributed by atoms with Crippen molar-refractivity contribution >= 4 is 29.0 Å². The second-order valence-corrected chi connectivity index (χ2v) is 5.71. The van der Waals surface area contributed by atoms with Crippen LogP contribution in [0.5, 0.6) is 0 Å². The predicted molar refractivity (Wildman–Crippen MR) is 92.4 cm³/mol. The lowest BCUT2D eigenvalue weighted by atomic mass is 10.1. The number of hydrogen-bond acceptors (Lipinski definition) is 5. The largest absolute Gasteiger partial charge is 0.461 e. The molecule has 1 heterocycles. The molecule has 0 aliphatic rings. The van der Waals surface area contributed by atoms with Crippen molar-refractivity contribution in [2.75, 3.05) is 12.3 Å². The summed E-state index contributed by atoms with van der Waals surface area (Å²) in [6, 6.07) is 6.11. The lowest BCUT2D eigenvalue weighted by Crippen LogP contribution is -2.13. The average Bonchev–Trinajstić information content (AvgIpc) is 2.99. The van der Waals surface area contributed by atoms with Crippen molar-refractivity contribution in [1.82, 2.24) is 9.78 Å². The zero-order valence-electron chi connectivity index (χ0n) is 13.7. The van der Waals surface area contributed by atoms with Gasteiger partial charge in [0.05, 0.1) is 6.61 Å². The van der Waals surface area contributed by atoms with E-state index in [1.807, 2.05) is 6.92 Å². The molecular formula is C17H20ClN3O3. The van der Waals surface area contributed by atoms with Crippen molar-refractivity contribution in [3.05, 3.63) is 46.2 Å². The number of carbonyl (C=O) groups excluding carboxylic acids is 2. The Morgan fingerprint density at radius 1 is 1.29 bits per heavy atom. The van der Waals surface area contributed by atoms with E-state index in [4.69, 9.17) is 22.1 Å². The summed E-state index contributed by atoms with van der Waals surface area (Å²) in [5.74, 6) is -0.880. The fraction of sp³-hybridized carbons (Fsp3) is 0.353. The number of carbonyl (C=O) groups is 2. The number of benzene rings is 1. The summed E-state index contributed by atoms with van der Waals surface area (Å²) in [6.45, 7) is 4.54. The van der Waals surface area contributed by atoms with E-state index in [2.05, 4.69) is 5.10 Å². The number of nitrogens with two attached hydrogens (primary N) is 1. The number of anilines is 1. The molecule has 0 radical (unpaired) electrons. The summed E-state index contributed by atoms with van der Waals surface area (Å²) in [6.07, 6.45) is 1.77. The third-order valence-corrected chi connectivity index (χ3v) is 3.72. The molecule has 0 fully saturated rings. The highest BCUT2D eigenvalue weighted by Gasteiger charge is 2.22. The quantitative estimate of drug-likeness (QED) is 0.470. The molecule has 2 rings (SSSR count). The summed E-state index contributed by atoms with van der Waals surface area (Å²) >= 11 is 5.94. The minimum absolute atomic E-state index is 0.142. The molecule has 0 saturated heterocycles. The smallest absolute Gasteiger partial charge is 0.356 e. The van der Waals surface area contributed by atoms with Gasteiger partial charge in [-0.2, -0.15) is 5.10 Å². The fourth-order valence-corrected chi connectivity index (χ4v) is 2.41. The van der Waals surface area contributed by atoms with Crippen LogP contribution in [0.3, 0.4) is 0 Å². The Morgan fingerprint density at radius 3 is 2.71 bits per heavy atom. The summed E-state index contributed by atoms with van der Waals surface area (Å²) in [4.78, 5) is 24.8. The van der Waals surface area contributed by atoms with Crippen molar-refractivity contribution in [3.8, 4) is 0 Å². The first-order valence-corrected chi connectivity index (χ1v) is 8.20. The molecule has 7 heteroatoms. The zero-order chi connectivity index (χ0) is 17.7. The molecule has 0 unspecified atom stereocenters. The summed E-state index contributed by atoms with van der Waals surface area (Å²) in [7, 11) is 0. The molecule has 0 atom stereocenters. The Labute approximate surface area is 145 Å². The van der Waals surface area contributed by atoms with Crippen LogP contribution in [0.15, 0.2) is 24.3 Å². The van der Waals surface area contributed by atoms with Crippen molar-refractivity contribution in [3.63, 3.8) is 0 Å². The Hall–Kier alpha value is -2.34. The minimum Gasteiger partial charge on any atom is -0.461 e. The van der Waals surface area contributed by atoms with E-state index in [0.29, 0.717) is 17.3 Å². The van der Waals surface area contributed by atoms with Gasteiger partial charge < -0.3 is 10.5 Å². The Balaban J connectivity index is 2.40. The number of nitrogens with zero attached hydrogens (tertiary/aromatic N) is 2. The van der Waals surface area contributed by atoms with Gasteiger partial charge in [-0.15, -0.1) is 0 Å². The maximum Gasteiger partial charge on any atom is 0.356 e. The molecule has 128 valence electrons. The first kappa shape index (κ1) is 18.0. The number of ether oxygens (including phenoxy) is 1. The number of hydrogen-bond donors (Lipinski definition) is 1. The third kappa shape index (κ3) is 3.94. The van der Waals surface area contributed by atoms with Gasteiger partial charge in [0.25, 0.3) is 0 Å². The number of esters is 1. The molecule has 1 aromatic carbocycles. The lowest BCUT2D eigenvalue weighted by molar-refractivity contribution is 0.0511. The third-order valence-electron chi connectivity index (χ3n) is 3.48. The number of halogens is 1. The number of ketones is 1. The molecule has 2 aromatic rings. The molecule has 24 heavy (non-hydrogen) atoms. The molecule has 0 aliphatic heterocycles. The fourth-order valence-electron chi connectivity index (χ4n) is 2.24. The highest BCUT2D eigenvalue weighted by Crippen LogP contribution is 2.21. The molecule has 0 bridgehead atoms. The van der Waals surface area contributed by atoms with Crippen LogP contribution in [0.25, 0.3) is 0 Å². The Bertz CT molecular complexity index is 756. The zero-order valence-corrected chi connectivity index (χ0v) is 14.5. The molecule has 0 amide bonds. The van der Waals surface area contributed by atoms with Crippen molar-refractivity contribution in [2.24, 2.45) is 0 Å². The molecule has 6 nitrogen and oxygen atoms in total. The van der Waals surface area contributed by atoms with Crippen molar-refractivity contribution < 1.29 is 14.3 Å². The summed E-state index contributed by atoms with van der Waals surface area (Å²) in [5.41, 5.74) is 6.83. The average molecular weight is 350 g/mol. The van der Waals surface area contributed by atoms with Gasteiger partial charge in [-0.25, -0.2) is 4.79 Å². The van der Waals surface area contributed by atoms with Gasteiger partial charge in [-0.05, 0) is 31.5 Å². The number of rotatable bonds is 7. The second kappa shape index (κ2) is 7.97.